The molecule has 1 fully saturated rings. The molecule has 0 spiro atoms. The third kappa shape index (κ3) is 4.31. The predicted molar refractivity (Wildman–Crippen MR) is 107 cm³/mol. The number of hydrogen-bond donors (Lipinski definition) is 2. The number of pyridine rings is 2. The van der Waals surface area contributed by atoms with Gasteiger partial charge in [0.25, 0.3) is 5.91 Å². The van der Waals surface area contributed by atoms with Gasteiger partial charge in [-0.05, 0) is 37.1 Å². The van der Waals surface area contributed by atoms with Gasteiger partial charge in [0.05, 0.1) is 17.8 Å². The topological polar surface area (TPSA) is 79.8 Å². The smallest absolute Gasteiger partial charge is 0.255 e. The van der Waals surface area contributed by atoms with Crippen LogP contribution in [-0.2, 0) is 6.54 Å². The maximum atomic E-state index is 12.7. The van der Waals surface area contributed by atoms with Crippen LogP contribution in [0.1, 0.15) is 41.0 Å². The normalized spacial score (nSPS) is 14.2. The molecule has 138 valence electrons. The molecule has 0 saturated heterocycles. The number of nitrogens with zero attached hydrogens (tertiary/aromatic N) is 3. The molecule has 7 heteroatoms. The first-order chi connectivity index (χ1) is 13.3. The van der Waals surface area contributed by atoms with Crippen LogP contribution in [0.15, 0.2) is 48.2 Å². The highest BCUT2D eigenvalue weighted by atomic mass is 32.1. The number of thiazole rings is 1. The summed E-state index contributed by atoms with van der Waals surface area (Å²) in [4.78, 5) is 25.7. The molecule has 0 radical (unpaired) electrons. The Kier molecular flexibility index (Phi) is 5.39. The zero-order chi connectivity index (χ0) is 18.5. The molecular weight excluding hydrogens is 358 g/mol. The Morgan fingerprint density at radius 2 is 1.96 bits per heavy atom. The van der Waals surface area contributed by atoms with Gasteiger partial charge in [-0.3, -0.25) is 9.78 Å². The Labute approximate surface area is 162 Å². The van der Waals surface area contributed by atoms with Crippen molar-refractivity contribution < 1.29 is 4.79 Å². The number of anilines is 1. The van der Waals surface area contributed by atoms with E-state index in [-0.39, 0.29) is 5.91 Å². The van der Waals surface area contributed by atoms with Gasteiger partial charge >= 0.3 is 0 Å². The second-order valence-electron chi connectivity index (χ2n) is 6.57. The molecule has 0 aliphatic heterocycles. The number of carbonyl (C=O) groups excluding carboxylic acids is 1. The van der Waals surface area contributed by atoms with Gasteiger partial charge in [-0.1, -0.05) is 12.8 Å². The average molecular weight is 379 g/mol. The van der Waals surface area contributed by atoms with Gasteiger partial charge in [0.15, 0.2) is 0 Å². The van der Waals surface area contributed by atoms with E-state index in [1.54, 1.807) is 24.7 Å². The molecule has 1 saturated carbocycles. The van der Waals surface area contributed by atoms with Gasteiger partial charge in [-0.2, -0.15) is 0 Å². The lowest BCUT2D eigenvalue weighted by Gasteiger charge is -2.15. The predicted octanol–water partition coefficient (Wildman–Crippen LogP) is 3.88. The summed E-state index contributed by atoms with van der Waals surface area (Å²) in [5.41, 5.74) is 2.50. The Morgan fingerprint density at radius 1 is 1.15 bits per heavy atom. The minimum absolute atomic E-state index is 0.135. The van der Waals surface area contributed by atoms with Gasteiger partial charge in [-0.15, -0.1) is 11.3 Å². The third-order valence-electron chi connectivity index (χ3n) is 4.68. The van der Waals surface area contributed by atoms with Crippen molar-refractivity contribution in [3.63, 3.8) is 0 Å². The quantitative estimate of drug-likeness (QED) is 0.679. The van der Waals surface area contributed by atoms with Gasteiger partial charge in [0, 0.05) is 35.6 Å². The first-order valence-corrected chi connectivity index (χ1v) is 10.0. The van der Waals surface area contributed by atoms with E-state index < -0.39 is 0 Å². The summed E-state index contributed by atoms with van der Waals surface area (Å²) in [6.07, 6.45) is 9.94. The van der Waals surface area contributed by atoms with Crippen molar-refractivity contribution in [2.75, 3.05) is 5.32 Å². The highest BCUT2D eigenvalue weighted by Gasteiger charge is 2.19. The van der Waals surface area contributed by atoms with Crippen LogP contribution in [0.4, 0.5) is 5.82 Å². The molecule has 0 unspecified atom stereocenters. The van der Waals surface area contributed by atoms with E-state index in [9.17, 15) is 4.79 Å². The zero-order valence-corrected chi connectivity index (χ0v) is 15.7. The Morgan fingerprint density at radius 3 is 2.78 bits per heavy atom. The standard InChI is InChI=1S/C20H21N5OS/c26-20(16-6-3-9-22-19(16)24-15-4-1-2-5-15)23-12-18-25-17(13-27-18)14-7-10-21-11-8-14/h3,6-11,13,15H,1-2,4-5,12H2,(H,22,24)(H,23,26). The molecule has 27 heavy (non-hydrogen) atoms. The number of nitrogens with one attached hydrogen (secondary N) is 2. The summed E-state index contributed by atoms with van der Waals surface area (Å²) >= 11 is 1.53. The first kappa shape index (κ1) is 17.6. The van der Waals surface area contributed by atoms with Crippen LogP contribution in [0, 0.1) is 0 Å². The van der Waals surface area contributed by atoms with Gasteiger partial charge in [0.2, 0.25) is 0 Å². The summed E-state index contributed by atoms with van der Waals surface area (Å²) in [5.74, 6) is 0.530. The van der Waals surface area contributed by atoms with E-state index in [1.807, 2.05) is 23.6 Å². The molecule has 3 heterocycles. The maximum Gasteiger partial charge on any atom is 0.255 e. The summed E-state index contributed by atoms with van der Waals surface area (Å²) < 4.78 is 0. The summed E-state index contributed by atoms with van der Waals surface area (Å²) in [7, 11) is 0. The first-order valence-electron chi connectivity index (χ1n) is 9.14. The van der Waals surface area contributed by atoms with Crippen molar-refractivity contribution in [3.8, 4) is 11.3 Å². The second kappa shape index (κ2) is 8.26. The van der Waals surface area contributed by atoms with Crippen LogP contribution in [-0.4, -0.2) is 26.9 Å². The van der Waals surface area contributed by atoms with Crippen LogP contribution < -0.4 is 10.6 Å². The lowest BCUT2D eigenvalue weighted by molar-refractivity contribution is 0.0951. The lowest BCUT2D eigenvalue weighted by Crippen LogP contribution is -2.26. The third-order valence-corrected chi connectivity index (χ3v) is 5.53. The van der Waals surface area contributed by atoms with Crippen LogP contribution in [0.3, 0.4) is 0 Å². The van der Waals surface area contributed by atoms with E-state index >= 15 is 0 Å². The number of hydrogen-bond acceptors (Lipinski definition) is 6. The van der Waals surface area contributed by atoms with E-state index in [2.05, 4.69) is 25.6 Å². The van der Waals surface area contributed by atoms with Crippen LogP contribution in [0.5, 0.6) is 0 Å². The Hall–Kier alpha value is -2.80. The van der Waals surface area contributed by atoms with Crippen LogP contribution in [0.2, 0.25) is 0 Å². The van der Waals surface area contributed by atoms with E-state index in [1.165, 1.54) is 24.2 Å². The molecule has 0 aromatic carbocycles. The molecule has 1 aliphatic carbocycles. The number of aromatic nitrogens is 3. The second-order valence-corrected chi connectivity index (χ2v) is 7.51. The van der Waals surface area contributed by atoms with Crippen molar-refractivity contribution in [2.24, 2.45) is 0 Å². The highest BCUT2D eigenvalue weighted by molar-refractivity contribution is 7.09. The van der Waals surface area contributed by atoms with Gasteiger partial charge < -0.3 is 10.6 Å². The van der Waals surface area contributed by atoms with E-state index in [0.29, 0.717) is 24.0 Å². The maximum absolute atomic E-state index is 12.7. The molecule has 0 bridgehead atoms. The van der Waals surface area contributed by atoms with Crippen molar-refractivity contribution in [2.45, 2.75) is 38.3 Å². The van der Waals surface area contributed by atoms with E-state index in [4.69, 9.17) is 0 Å². The van der Waals surface area contributed by atoms with Crippen molar-refractivity contribution >= 4 is 23.1 Å². The van der Waals surface area contributed by atoms with Crippen molar-refractivity contribution in [1.29, 1.82) is 0 Å². The molecular formula is C20H21N5OS. The van der Waals surface area contributed by atoms with Gasteiger partial charge in [0.1, 0.15) is 10.8 Å². The lowest BCUT2D eigenvalue weighted by atomic mass is 10.2. The fraction of sp³-hybridized carbons (Fsp3) is 0.300. The summed E-state index contributed by atoms with van der Waals surface area (Å²) in [6.45, 7) is 0.395. The molecule has 4 rings (SSSR count). The van der Waals surface area contributed by atoms with Gasteiger partial charge in [-0.25, -0.2) is 9.97 Å². The number of carbonyl (C=O) groups is 1. The Balaban J connectivity index is 1.40. The fourth-order valence-electron chi connectivity index (χ4n) is 3.27. The number of rotatable bonds is 6. The highest BCUT2D eigenvalue weighted by Crippen LogP contribution is 2.24. The molecule has 2 N–H and O–H groups in total. The summed E-state index contributed by atoms with van der Waals surface area (Å²) in [6, 6.07) is 7.86. The monoisotopic (exact) mass is 379 g/mol. The number of amides is 1. The molecule has 6 nitrogen and oxygen atoms in total. The van der Waals surface area contributed by atoms with Crippen LogP contribution >= 0.6 is 11.3 Å². The SMILES string of the molecule is O=C(NCc1nc(-c2ccncc2)cs1)c1cccnc1NC1CCCC1. The zero-order valence-electron chi connectivity index (χ0n) is 14.9. The fourth-order valence-corrected chi connectivity index (χ4v) is 4.01. The molecule has 1 aliphatic rings. The molecule has 0 atom stereocenters. The van der Waals surface area contributed by atoms with Crippen molar-refractivity contribution in [1.82, 2.24) is 20.3 Å². The molecule has 3 aromatic rings. The Bertz CT molecular complexity index is 906. The minimum Gasteiger partial charge on any atom is -0.367 e. The van der Waals surface area contributed by atoms with E-state index in [0.717, 1.165) is 29.1 Å². The van der Waals surface area contributed by atoms with Crippen molar-refractivity contribution in [3.05, 3.63) is 58.8 Å². The summed E-state index contributed by atoms with van der Waals surface area (Å²) in [5, 5.41) is 9.24. The molecule has 1 amide bonds. The molecule has 3 aromatic heterocycles. The van der Waals surface area contributed by atoms with Crippen LogP contribution in [0.25, 0.3) is 11.3 Å². The minimum atomic E-state index is -0.135. The average Bonchev–Trinajstić information content (AvgIpc) is 3.39. The largest absolute Gasteiger partial charge is 0.367 e.